The molecular weight excluding hydrogens is 228 g/mol. The summed E-state index contributed by atoms with van der Waals surface area (Å²) in [5.41, 5.74) is 0.133. The third-order valence-corrected chi connectivity index (χ3v) is 4.11. The Kier molecular flexibility index (Phi) is 2.52. The fourth-order valence-electron chi connectivity index (χ4n) is 2.82. The van der Waals surface area contributed by atoms with Crippen LogP contribution in [0, 0.1) is 5.92 Å². The Morgan fingerprint density at radius 3 is 2.67 bits per heavy atom. The van der Waals surface area contributed by atoms with Gasteiger partial charge in [0.25, 0.3) is 5.91 Å². The van der Waals surface area contributed by atoms with Gasteiger partial charge in [-0.25, -0.2) is 0 Å². The molecule has 2 aliphatic rings. The molecule has 1 saturated heterocycles. The van der Waals surface area contributed by atoms with Crippen molar-refractivity contribution in [1.29, 1.82) is 0 Å². The summed E-state index contributed by atoms with van der Waals surface area (Å²) in [6.07, 6.45) is 4.16. The third-order valence-electron chi connectivity index (χ3n) is 4.11. The van der Waals surface area contributed by atoms with E-state index in [1.807, 2.05) is 22.9 Å². The molecule has 0 atom stereocenters. The molecular formula is C14H20N2O2. The second-order valence-corrected chi connectivity index (χ2v) is 5.93. The second kappa shape index (κ2) is 3.85. The van der Waals surface area contributed by atoms with Crippen LogP contribution < -0.4 is 0 Å². The molecule has 0 radical (unpaired) electrons. The highest BCUT2D eigenvalue weighted by atomic mass is 16.3. The minimum atomic E-state index is -0.592. The van der Waals surface area contributed by atoms with E-state index < -0.39 is 5.60 Å². The number of rotatable bonds is 3. The van der Waals surface area contributed by atoms with Crippen molar-refractivity contribution in [2.45, 2.75) is 38.3 Å². The van der Waals surface area contributed by atoms with E-state index in [1.54, 1.807) is 4.90 Å². The molecule has 0 spiro atoms. The molecule has 4 heteroatoms. The van der Waals surface area contributed by atoms with Crippen molar-refractivity contribution < 1.29 is 9.90 Å². The van der Waals surface area contributed by atoms with Gasteiger partial charge in [-0.05, 0) is 44.7 Å². The first-order valence-electron chi connectivity index (χ1n) is 6.70. The lowest BCUT2D eigenvalue weighted by atomic mass is 9.88. The Hall–Kier alpha value is -1.29. The molecule has 4 nitrogen and oxygen atoms in total. The Morgan fingerprint density at radius 1 is 1.44 bits per heavy atom. The van der Waals surface area contributed by atoms with E-state index in [1.165, 1.54) is 0 Å². The zero-order valence-electron chi connectivity index (χ0n) is 11.0. The SMILES string of the molecule is CC(C)n1cccc1C(=O)N1CC(O)(C2CC2)C1. The predicted octanol–water partition coefficient (Wildman–Crippen LogP) is 1.67. The fraction of sp³-hybridized carbons (Fsp3) is 0.643. The smallest absolute Gasteiger partial charge is 0.270 e. The van der Waals surface area contributed by atoms with Gasteiger partial charge in [0.05, 0.1) is 13.1 Å². The zero-order chi connectivity index (χ0) is 12.9. The van der Waals surface area contributed by atoms with Gasteiger partial charge in [0.2, 0.25) is 0 Å². The fourth-order valence-corrected chi connectivity index (χ4v) is 2.82. The highest BCUT2D eigenvalue weighted by Gasteiger charge is 2.53. The summed E-state index contributed by atoms with van der Waals surface area (Å²) in [6.45, 7) is 5.13. The number of carbonyl (C=O) groups excluding carboxylic acids is 1. The summed E-state index contributed by atoms with van der Waals surface area (Å²) in [5.74, 6) is 0.470. The van der Waals surface area contributed by atoms with E-state index in [4.69, 9.17) is 0 Å². The van der Waals surface area contributed by atoms with Gasteiger partial charge in [-0.2, -0.15) is 0 Å². The molecule has 0 aromatic carbocycles. The summed E-state index contributed by atoms with van der Waals surface area (Å²) in [6, 6.07) is 4.04. The summed E-state index contributed by atoms with van der Waals surface area (Å²) < 4.78 is 1.98. The Bertz CT molecular complexity index is 468. The van der Waals surface area contributed by atoms with E-state index in [0.717, 1.165) is 18.5 Å². The van der Waals surface area contributed by atoms with E-state index in [-0.39, 0.29) is 11.9 Å². The maximum Gasteiger partial charge on any atom is 0.270 e. The Balaban J connectivity index is 1.71. The Morgan fingerprint density at radius 2 is 2.11 bits per heavy atom. The van der Waals surface area contributed by atoms with E-state index in [2.05, 4.69) is 13.8 Å². The van der Waals surface area contributed by atoms with E-state index in [0.29, 0.717) is 19.0 Å². The number of nitrogens with zero attached hydrogens (tertiary/aromatic N) is 2. The van der Waals surface area contributed by atoms with Gasteiger partial charge in [-0.1, -0.05) is 0 Å². The molecule has 98 valence electrons. The lowest BCUT2D eigenvalue weighted by Gasteiger charge is -2.47. The molecule has 1 amide bonds. The van der Waals surface area contributed by atoms with Crippen molar-refractivity contribution in [2.75, 3.05) is 13.1 Å². The van der Waals surface area contributed by atoms with Gasteiger partial charge >= 0.3 is 0 Å². The number of β-amino-alcohol motifs (C(OH)–C–C–N with tert-alkyl or cyclic N) is 1. The zero-order valence-corrected chi connectivity index (χ0v) is 11.0. The highest BCUT2D eigenvalue weighted by Crippen LogP contribution is 2.44. The van der Waals surface area contributed by atoms with Crippen molar-refractivity contribution >= 4 is 5.91 Å². The Labute approximate surface area is 107 Å². The first kappa shape index (κ1) is 11.8. The standard InChI is InChI=1S/C14H20N2O2/c1-10(2)16-7-3-4-12(16)13(17)15-8-14(18,9-15)11-5-6-11/h3-4,7,10-11,18H,5-6,8-9H2,1-2H3. The van der Waals surface area contributed by atoms with Crippen LogP contribution in [-0.4, -0.2) is 39.2 Å². The van der Waals surface area contributed by atoms with Crippen molar-refractivity contribution in [1.82, 2.24) is 9.47 Å². The maximum atomic E-state index is 12.3. The molecule has 1 saturated carbocycles. The molecule has 1 aromatic rings. The van der Waals surface area contributed by atoms with Gasteiger partial charge in [-0.15, -0.1) is 0 Å². The van der Waals surface area contributed by atoms with Crippen molar-refractivity contribution in [3.05, 3.63) is 24.0 Å². The first-order valence-corrected chi connectivity index (χ1v) is 6.70. The average molecular weight is 248 g/mol. The molecule has 1 N–H and O–H groups in total. The number of hydrogen-bond acceptors (Lipinski definition) is 2. The lowest BCUT2D eigenvalue weighted by Crippen LogP contribution is -2.64. The van der Waals surface area contributed by atoms with Gasteiger partial charge in [-0.3, -0.25) is 4.79 Å². The summed E-state index contributed by atoms with van der Waals surface area (Å²) in [5, 5.41) is 10.2. The van der Waals surface area contributed by atoms with Crippen LogP contribution in [0.2, 0.25) is 0 Å². The second-order valence-electron chi connectivity index (χ2n) is 5.93. The molecule has 0 bridgehead atoms. The number of likely N-dealkylation sites (tertiary alicyclic amines) is 1. The third kappa shape index (κ3) is 1.75. The van der Waals surface area contributed by atoms with Crippen LogP contribution in [-0.2, 0) is 0 Å². The summed E-state index contributed by atoms with van der Waals surface area (Å²) in [7, 11) is 0. The van der Waals surface area contributed by atoms with Gasteiger partial charge in [0.15, 0.2) is 0 Å². The molecule has 1 aliphatic carbocycles. The largest absolute Gasteiger partial charge is 0.386 e. The molecule has 1 aromatic heterocycles. The minimum Gasteiger partial charge on any atom is -0.386 e. The quantitative estimate of drug-likeness (QED) is 0.884. The van der Waals surface area contributed by atoms with E-state index >= 15 is 0 Å². The normalized spacial score (nSPS) is 22.1. The number of aliphatic hydroxyl groups is 1. The maximum absolute atomic E-state index is 12.3. The predicted molar refractivity (Wildman–Crippen MR) is 68.4 cm³/mol. The first-order chi connectivity index (χ1) is 8.51. The molecule has 3 rings (SSSR count). The topological polar surface area (TPSA) is 45.5 Å². The van der Waals surface area contributed by atoms with Crippen molar-refractivity contribution in [2.24, 2.45) is 5.92 Å². The molecule has 2 fully saturated rings. The van der Waals surface area contributed by atoms with Crippen LogP contribution in [0.5, 0.6) is 0 Å². The van der Waals surface area contributed by atoms with Crippen LogP contribution in [0.1, 0.15) is 43.2 Å². The number of hydrogen-bond donors (Lipinski definition) is 1. The van der Waals surface area contributed by atoms with Gasteiger partial charge in [0, 0.05) is 12.2 Å². The van der Waals surface area contributed by atoms with Crippen molar-refractivity contribution in [3.8, 4) is 0 Å². The molecule has 2 heterocycles. The van der Waals surface area contributed by atoms with E-state index in [9.17, 15) is 9.90 Å². The molecule has 18 heavy (non-hydrogen) atoms. The molecule has 0 unspecified atom stereocenters. The van der Waals surface area contributed by atoms with Crippen LogP contribution in [0.25, 0.3) is 0 Å². The average Bonchev–Trinajstić information content (AvgIpc) is 3.01. The summed E-state index contributed by atoms with van der Waals surface area (Å²) >= 11 is 0. The van der Waals surface area contributed by atoms with Crippen LogP contribution in [0.4, 0.5) is 0 Å². The number of amides is 1. The van der Waals surface area contributed by atoms with Crippen LogP contribution >= 0.6 is 0 Å². The highest BCUT2D eigenvalue weighted by molar-refractivity contribution is 5.93. The molecule has 1 aliphatic heterocycles. The van der Waals surface area contributed by atoms with Crippen LogP contribution in [0.15, 0.2) is 18.3 Å². The summed E-state index contributed by atoms with van der Waals surface area (Å²) in [4.78, 5) is 14.1. The van der Waals surface area contributed by atoms with Crippen LogP contribution in [0.3, 0.4) is 0 Å². The lowest BCUT2D eigenvalue weighted by molar-refractivity contribution is -0.0961. The van der Waals surface area contributed by atoms with Gasteiger partial charge in [0.1, 0.15) is 11.3 Å². The van der Waals surface area contributed by atoms with Gasteiger partial charge < -0.3 is 14.6 Å². The monoisotopic (exact) mass is 248 g/mol. The number of aromatic nitrogens is 1. The number of carbonyl (C=O) groups is 1. The van der Waals surface area contributed by atoms with Crippen molar-refractivity contribution in [3.63, 3.8) is 0 Å². The minimum absolute atomic E-state index is 0.0408.